The molecule has 2 amide bonds. The number of halogens is 2. The molecular formula is C30H20ClFN2O3S. The minimum absolute atomic E-state index is 0.0668. The minimum atomic E-state index is -0.536. The number of benzene rings is 4. The highest BCUT2D eigenvalue weighted by Gasteiger charge is 2.41. The van der Waals surface area contributed by atoms with Gasteiger partial charge in [0, 0.05) is 0 Å². The molecule has 0 spiro atoms. The van der Waals surface area contributed by atoms with Crippen LogP contribution >= 0.6 is 23.8 Å². The molecule has 4 aromatic rings. The largest absolute Gasteiger partial charge is 0.487 e. The molecule has 1 saturated heterocycles. The molecule has 4 aromatic carbocycles. The van der Waals surface area contributed by atoms with E-state index in [2.05, 4.69) is 0 Å². The van der Waals surface area contributed by atoms with E-state index in [4.69, 9.17) is 28.6 Å². The molecule has 0 aromatic heterocycles. The molecule has 0 aliphatic carbocycles. The molecule has 1 fully saturated rings. The van der Waals surface area contributed by atoms with Crippen LogP contribution in [0.5, 0.6) is 5.75 Å². The lowest BCUT2D eigenvalue weighted by Gasteiger charge is -2.36. The van der Waals surface area contributed by atoms with Gasteiger partial charge in [0.1, 0.15) is 23.7 Å². The predicted molar refractivity (Wildman–Crippen MR) is 151 cm³/mol. The van der Waals surface area contributed by atoms with Crippen LogP contribution in [0.1, 0.15) is 11.1 Å². The van der Waals surface area contributed by atoms with Crippen LogP contribution in [0.25, 0.3) is 6.08 Å². The first-order valence-electron chi connectivity index (χ1n) is 11.6. The van der Waals surface area contributed by atoms with Gasteiger partial charge in [0.2, 0.25) is 0 Å². The molecule has 1 heterocycles. The van der Waals surface area contributed by atoms with Gasteiger partial charge in [-0.05, 0) is 78.0 Å². The molecule has 1 aliphatic rings. The van der Waals surface area contributed by atoms with Gasteiger partial charge in [-0.25, -0.2) is 4.39 Å². The van der Waals surface area contributed by atoms with Crippen molar-refractivity contribution in [3.05, 3.63) is 131 Å². The van der Waals surface area contributed by atoms with E-state index in [1.807, 2.05) is 12.1 Å². The van der Waals surface area contributed by atoms with Gasteiger partial charge in [0.15, 0.2) is 5.11 Å². The monoisotopic (exact) mass is 542 g/mol. The van der Waals surface area contributed by atoms with Crippen LogP contribution in [0.4, 0.5) is 15.8 Å². The van der Waals surface area contributed by atoms with E-state index in [0.29, 0.717) is 27.7 Å². The van der Waals surface area contributed by atoms with Crippen molar-refractivity contribution in [3.63, 3.8) is 0 Å². The summed E-state index contributed by atoms with van der Waals surface area (Å²) in [5.41, 5.74) is 2.34. The summed E-state index contributed by atoms with van der Waals surface area (Å²) in [5.74, 6) is -0.983. The predicted octanol–water partition coefficient (Wildman–Crippen LogP) is 6.81. The first kappa shape index (κ1) is 25.3. The van der Waals surface area contributed by atoms with Crippen LogP contribution in [-0.4, -0.2) is 16.9 Å². The fourth-order valence-electron chi connectivity index (χ4n) is 3.97. The van der Waals surface area contributed by atoms with Crippen molar-refractivity contribution in [1.82, 2.24) is 0 Å². The Balaban J connectivity index is 1.47. The first-order chi connectivity index (χ1) is 18.4. The molecular weight excluding hydrogens is 523 g/mol. The summed E-state index contributed by atoms with van der Waals surface area (Å²) in [6, 6.07) is 28.8. The fraction of sp³-hybridized carbons (Fsp3) is 0.0333. The van der Waals surface area contributed by atoms with Crippen LogP contribution in [0, 0.1) is 5.82 Å². The smallest absolute Gasteiger partial charge is 0.270 e. The van der Waals surface area contributed by atoms with Gasteiger partial charge >= 0.3 is 0 Å². The Labute approximate surface area is 229 Å². The summed E-state index contributed by atoms with van der Waals surface area (Å²) < 4.78 is 18.9. The zero-order chi connectivity index (χ0) is 26.6. The molecule has 5 rings (SSSR count). The van der Waals surface area contributed by atoms with E-state index in [1.54, 1.807) is 78.9 Å². The zero-order valence-corrected chi connectivity index (χ0v) is 21.5. The van der Waals surface area contributed by atoms with E-state index < -0.39 is 11.8 Å². The number of ether oxygens (including phenoxy) is 1. The number of carbonyl (C=O) groups excluding carboxylic acids is 2. The molecule has 0 atom stereocenters. The van der Waals surface area contributed by atoms with Crippen LogP contribution in [0.15, 0.2) is 109 Å². The molecule has 0 bridgehead atoms. The van der Waals surface area contributed by atoms with Gasteiger partial charge in [0.25, 0.3) is 11.8 Å². The van der Waals surface area contributed by atoms with Crippen molar-refractivity contribution in [2.24, 2.45) is 0 Å². The zero-order valence-electron chi connectivity index (χ0n) is 19.9. The fourth-order valence-corrected chi connectivity index (χ4v) is 4.59. The van der Waals surface area contributed by atoms with Crippen molar-refractivity contribution in [2.75, 3.05) is 9.80 Å². The number of anilines is 2. The maximum atomic E-state index is 13.6. The maximum absolute atomic E-state index is 13.6. The number of para-hydroxylation sites is 2. The van der Waals surface area contributed by atoms with Crippen molar-refractivity contribution in [3.8, 4) is 5.75 Å². The van der Waals surface area contributed by atoms with Crippen molar-refractivity contribution < 1.29 is 18.7 Å². The number of carbonyl (C=O) groups is 2. The van der Waals surface area contributed by atoms with Crippen molar-refractivity contribution in [2.45, 2.75) is 6.61 Å². The first-order valence-corrected chi connectivity index (χ1v) is 12.4. The van der Waals surface area contributed by atoms with E-state index in [1.165, 1.54) is 28.0 Å². The number of hydrogen-bond donors (Lipinski definition) is 0. The maximum Gasteiger partial charge on any atom is 0.270 e. The summed E-state index contributed by atoms with van der Waals surface area (Å²) in [4.78, 5) is 29.9. The second kappa shape index (κ2) is 11.0. The lowest BCUT2D eigenvalue weighted by atomic mass is 10.0. The Bertz CT molecular complexity index is 1480. The van der Waals surface area contributed by atoms with Crippen LogP contribution in [0.3, 0.4) is 0 Å². The quantitative estimate of drug-likeness (QED) is 0.153. The number of hydrogen-bond acceptors (Lipinski definition) is 4. The van der Waals surface area contributed by atoms with Crippen molar-refractivity contribution >= 4 is 58.2 Å². The topological polar surface area (TPSA) is 49.9 Å². The number of amides is 2. The third kappa shape index (κ3) is 5.20. The Morgan fingerprint density at radius 1 is 0.789 bits per heavy atom. The lowest BCUT2D eigenvalue weighted by Crippen LogP contribution is -2.56. The molecule has 0 saturated carbocycles. The SMILES string of the molecule is O=C1C(=Cc2ccc(OCc3ccc(F)cc3)c(Cl)c2)C(=O)N(c2ccccc2)C(=S)N1c1ccccc1. The molecule has 38 heavy (non-hydrogen) atoms. The normalized spacial score (nSPS) is 13.6. The average molecular weight is 543 g/mol. The molecule has 1 aliphatic heterocycles. The second-order valence-electron chi connectivity index (χ2n) is 8.40. The Morgan fingerprint density at radius 3 is 1.87 bits per heavy atom. The number of rotatable bonds is 6. The van der Waals surface area contributed by atoms with Crippen LogP contribution < -0.4 is 14.5 Å². The van der Waals surface area contributed by atoms with Gasteiger partial charge in [-0.15, -0.1) is 0 Å². The molecule has 0 N–H and O–H groups in total. The van der Waals surface area contributed by atoms with E-state index >= 15 is 0 Å². The van der Waals surface area contributed by atoms with E-state index in [9.17, 15) is 14.0 Å². The van der Waals surface area contributed by atoms with Gasteiger partial charge < -0.3 is 4.74 Å². The van der Waals surface area contributed by atoms with Gasteiger partial charge in [-0.1, -0.05) is 66.2 Å². The summed E-state index contributed by atoms with van der Waals surface area (Å²) in [7, 11) is 0. The highest BCUT2D eigenvalue weighted by Crippen LogP contribution is 2.31. The Kier molecular flexibility index (Phi) is 7.31. The molecule has 0 radical (unpaired) electrons. The average Bonchev–Trinajstić information content (AvgIpc) is 2.93. The number of nitrogens with zero attached hydrogens (tertiary/aromatic N) is 2. The number of thiocarbonyl (C=S) groups is 1. The minimum Gasteiger partial charge on any atom is -0.487 e. The van der Waals surface area contributed by atoms with Crippen molar-refractivity contribution in [1.29, 1.82) is 0 Å². The summed E-state index contributed by atoms with van der Waals surface area (Å²) in [6.07, 6.45) is 1.49. The lowest BCUT2D eigenvalue weighted by molar-refractivity contribution is -0.120. The molecule has 5 nitrogen and oxygen atoms in total. The molecule has 8 heteroatoms. The highest BCUT2D eigenvalue weighted by molar-refractivity contribution is 7.81. The Hall–Kier alpha value is -4.33. The van der Waals surface area contributed by atoms with E-state index in [-0.39, 0.29) is 23.1 Å². The van der Waals surface area contributed by atoms with Crippen LogP contribution in [-0.2, 0) is 16.2 Å². The third-order valence-corrected chi connectivity index (χ3v) is 6.51. The van der Waals surface area contributed by atoms with Gasteiger partial charge in [-0.3, -0.25) is 19.4 Å². The second-order valence-corrected chi connectivity index (χ2v) is 9.17. The summed E-state index contributed by atoms with van der Waals surface area (Å²) >= 11 is 12.1. The van der Waals surface area contributed by atoms with Crippen LogP contribution in [0.2, 0.25) is 5.02 Å². The summed E-state index contributed by atoms with van der Waals surface area (Å²) in [6.45, 7) is 0.201. The summed E-state index contributed by atoms with van der Waals surface area (Å²) in [5, 5.41) is 0.365. The highest BCUT2D eigenvalue weighted by atomic mass is 35.5. The van der Waals surface area contributed by atoms with E-state index in [0.717, 1.165) is 5.56 Å². The third-order valence-electron chi connectivity index (χ3n) is 5.85. The van der Waals surface area contributed by atoms with Gasteiger partial charge in [0.05, 0.1) is 16.4 Å². The van der Waals surface area contributed by atoms with Gasteiger partial charge in [-0.2, -0.15) is 0 Å². The standard InChI is InChI=1S/C30H20ClFN2O3S/c31-26-18-21(13-16-27(26)37-19-20-11-14-22(32)15-12-20)17-25-28(35)33(23-7-3-1-4-8-23)30(38)34(29(25)36)24-9-5-2-6-10-24/h1-18H,19H2. The Morgan fingerprint density at radius 2 is 1.34 bits per heavy atom. The molecule has 188 valence electrons. The molecule has 0 unspecified atom stereocenters.